The number of rotatable bonds is 6. The average molecular weight is 447 g/mol. The van der Waals surface area contributed by atoms with E-state index in [2.05, 4.69) is 24.0 Å². The number of nitrogens with one attached hydrogen (secondary N) is 1. The third-order valence-electron chi connectivity index (χ3n) is 3.94. The summed E-state index contributed by atoms with van der Waals surface area (Å²) in [5.41, 5.74) is 4.81. The number of phosphoric acid groups is 1. The van der Waals surface area contributed by atoms with E-state index in [1.165, 1.54) is 4.57 Å². The predicted molar refractivity (Wildman–Crippen MR) is 95.6 cm³/mol. The molecule has 0 saturated carbocycles. The van der Waals surface area contributed by atoms with Crippen LogP contribution >= 0.6 is 7.82 Å². The van der Waals surface area contributed by atoms with Crippen molar-refractivity contribution in [1.29, 1.82) is 0 Å². The van der Waals surface area contributed by atoms with Crippen LogP contribution in [0.3, 0.4) is 0 Å². The van der Waals surface area contributed by atoms with Gasteiger partial charge in [-0.1, -0.05) is 0 Å². The van der Waals surface area contributed by atoms with E-state index in [0.717, 1.165) is 20.2 Å². The van der Waals surface area contributed by atoms with Crippen LogP contribution < -0.4 is 11.3 Å². The Morgan fingerprint density at radius 3 is 2.53 bits per heavy atom. The Balaban J connectivity index is 1.80. The summed E-state index contributed by atoms with van der Waals surface area (Å²) in [7, 11) is -4.63. The number of aromatic nitrogens is 4. The highest BCUT2D eigenvalue weighted by molar-refractivity contribution is 7.49. The lowest BCUT2D eigenvalue weighted by Crippen LogP contribution is -2.33. The summed E-state index contributed by atoms with van der Waals surface area (Å²) >= 11 is 0. The van der Waals surface area contributed by atoms with Gasteiger partial charge < -0.3 is 29.7 Å². The molecule has 2 aromatic heterocycles. The molecule has 164 valence electrons. The summed E-state index contributed by atoms with van der Waals surface area (Å²) in [6.45, 7) is 1.16. The quantitative estimate of drug-likeness (QED) is 0.374. The average Bonchev–Trinajstić information content (AvgIpc) is 3.14. The van der Waals surface area contributed by atoms with E-state index in [1.54, 1.807) is 0 Å². The smallest absolute Gasteiger partial charge is 0.387 e. The highest BCUT2D eigenvalue weighted by Crippen LogP contribution is 2.50. The number of ether oxygens (including phenoxy) is 1. The van der Waals surface area contributed by atoms with E-state index in [1.807, 2.05) is 0 Å². The standard InChI is InChI=1S/C14H18N5O10P/c1-5(20)28-30(25,29-6(2)21)26-3-7-9(22)10(23)13(27-7)19-4-16-8-11(19)17-14(15)18-12(8)24/h4,7,9-10,13,22-23H,3H2,1-2H3,(H3,15,17,18,24)/t7-,9-,10-,13-/m1/s1. The molecule has 0 bridgehead atoms. The Kier molecular flexibility index (Phi) is 5.92. The molecule has 1 aliphatic heterocycles. The predicted octanol–water partition coefficient (Wildman–Crippen LogP) is -1.43. The van der Waals surface area contributed by atoms with E-state index < -0.39 is 56.5 Å². The van der Waals surface area contributed by atoms with Gasteiger partial charge in [-0.3, -0.25) is 28.5 Å². The van der Waals surface area contributed by atoms with Crippen molar-refractivity contribution in [3.63, 3.8) is 0 Å². The van der Waals surface area contributed by atoms with Gasteiger partial charge in [-0.25, -0.2) is 9.55 Å². The first-order valence-electron chi connectivity index (χ1n) is 8.39. The number of nitrogen functional groups attached to an aromatic ring is 1. The van der Waals surface area contributed by atoms with Crippen LogP contribution in [0.5, 0.6) is 0 Å². The highest BCUT2D eigenvalue weighted by atomic mass is 31.2. The van der Waals surface area contributed by atoms with Gasteiger partial charge in [0.25, 0.3) is 5.56 Å². The van der Waals surface area contributed by atoms with Gasteiger partial charge in [0.05, 0.1) is 12.9 Å². The summed E-state index contributed by atoms with van der Waals surface area (Å²) in [6.07, 6.45) is -4.51. The SMILES string of the molecule is CC(=O)OP(=O)(OC[C@H]1O[C@@H](n2cnc3c(=O)[nH]c(N)nc32)[C@H](O)[C@@H]1O)OC(C)=O. The molecule has 5 N–H and O–H groups in total. The van der Waals surface area contributed by atoms with Crippen LogP contribution in [0.2, 0.25) is 0 Å². The van der Waals surface area contributed by atoms with Crippen molar-refractivity contribution in [3.05, 3.63) is 16.7 Å². The van der Waals surface area contributed by atoms with Crippen molar-refractivity contribution in [3.8, 4) is 0 Å². The normalized spacial score (nSPS) is 24.1. The molecule has 0 amide bonds. The number of nitrogens with zero attached hydrogens (tertiary/aromatic N) is 3. The molecule has 2 aromatic rings. The number of phosphoric ester groups is 1. The molecule has 1 saturated heterocycles. The van der Waals surface area contributed by atoms with Crippen LogP contribution in [0.1, 0.15) is 20.1 Å². The van der Waals surface area contributed by atoms with Gasteiger partial charge in [0.15, 0.2) is 17.4 Å². The van der Waals surface area contributed by atoms with E-state index in [0.29, 0.717) is 0 Å². The molecule has 4 atom stereocenters. The summed E-state index contributed by atoms with van der Waals surface area (Å²) in [5.74, 6) is -2.28. The molecule has 3 rings (SSSR count). The minimum Gasteiger partial charge on any atom is -0.387 e. The Morgan fingerprint density at radius 2 is 1.93 bits per heavy atom. The zero-order valence-corrected chi connectivity index (χ0v) is 16.5. The van der Waals surface area contributed by atoms with Gasteiger partial charge in [-0.05, 0) is 0 Å². The number of nitrogens with two attached hydrogens (primary N) is 1. The Morgan fingerprint density at radius 1 is 1.30 bits per heavy atom. The van der Waals surface area contributed by atoms with Crippen molar-refractivity contribution in [2.75, 3.05) is 12.3 Å². The van der Waals surface area contributed by atoms with E-state index in [-0.39, 0.29) is 17.1 Å². The topological polar surface area (TPSA) is 218 Å². The molecule has 3 heterocycles. The van der Waals surface area contributed by atoms with Crippen LogP contribution in [-0.4, -0.2) is 66.6 Å². The molecule has 0 spiro atoms. The zero-order chi connectivity index (χ0) is 22.2. The second kappa shape index (κ2) is 8.12. The fourth-order valence-electron chi connectivity index (χ4n) is 2.78. The molecule has 15 nitrogen and oxygen atoms in total. The Bertz CT molecular complexity index is 1060. The number of anilines is 1. The van der Waals surface area contributed by atoms with Gasteiger partial charge in [0, 0.05) is 13.8 Å². The van der Waals surface area contributed by atoms with Gasteiger partial charge in [0.2, 0.25) is 5.95 Å². The number of hydrogen-bond acceptors (Lipinski definition) is 13. The molecule has 0 aromatic carbocycles. The van der Waals surface area contributed by atoms with Gasteiger partial charge >= 0.3 is 19.8 Å². The Hall–Kier alpha value is -2.84. The van der Waals surface area contributed by atoms with Crippen LogP contribution in [0.15, 0.2) is 11.1 Å². The fraction of sp³-hybridized carbons (Fsp3) is 0.500. The highest BCUT2D eigenvalue weighted by Gasteiger charge is 2.46. The van der Waals surface area contributed by atoms with Crippen molar-refractivity contribution < 1.29 is 42.7 Å². The lowest BCUT2D eigenvalue weighted by Gasteiger charge is -2.19. The second-order valence-corrected chi connectivity index (χ2v) is 7.75. The second-order valence-electron chi connectivity index (χ2n) is 6.23. The molecule has 16 heteroatoms. The van der Waals surface area contributed by atoms with Gasteiger partial charge in [-0.2, -0.15) is 4.98 Å². The third kappa shape index (κ3) is 4.34. The molecule has 30 heavy (non-hydrogen) atoms. The zero-order valence-electron chi connectivity index (χ0n) is 15.6. The summed E-state index contributed by atoms with van der Waals surface area (Å²) in [5, 5.41) is 20.6. The van der Waals surface area contributed by atoms with Crippen molar-refractivity contribution in [2.24, 2.45) is 0 Å². The number of carbonyl (C=O) groups excluding carboxylic acids is 2. The number of imidazole rings is 1. The first-order chi connectivity index (χ1) is 14.0. The Labute approximate surface area is 167 Å². The number of H-pyrrole nitrogens is 1. The number of hydrogen-bond donors (Lipinski definition) is 4. The fourth-order valence-corrected chi connectivity index (χ4v) is 3.88. The number of fused-ring (bicyclic) bond motifs is 1. The van der Waals surface area contributed by atoms with Crippen LogP contribution in [0.4, 0.5) is 5.95 Å². The first-order valence-corrected chi connectivity index (χ1v) is 9.85. The summed E-state index contributed by atoms with van der Waals surface area (Å²) in [6, 6.07) is 0. The van der Waals surface area contributed by atoms with E-state index >= 15 is 0 Å². The minimum atomic E-state index is -4.63. The lowest BCUT2D eigenvalue weighted by molar-refractivity contribution is -0.139. The maximum atomic E-state index is 12.4. The molecule has 0 unspecified atom stereocenters. The van der Waals surface area contributed by atoms with Crippen LogP contribution in [0, 0.1) is 0 Å². The number of aliphatic hydroxyl groups is 2. The largest absolute Gasteiger partial charge is 0.592 e. The molecule has 0 radical (unpaired) electrons. The maximum absolute atomic E-state index is 12.4. The number of aliphatic hydroxyl groups excluding tert-OH is 2. The van der Waals surface area contributed by atoms with Crippen molar-refractivity contribution in [1.82, 2.24) is 19.5 Å². The van der Waals surface area contributed by atoms with Gasteiger partial charge in [0.1, 0.15) is 18.3 Å². The first kappa shape index (κ1) is 21.9. The minimum absolute atomic E-state index is 0.0143. The molecule has 1 fully saturated rings. The van der Waals surface area contributed by atoms with Crippen LogP contribution in [0.25, 0.3) is 11.2 Å². The molecule has 0 aliphatic carbocycles. The third-order valence-corrected chi connectivity index (χ3v) is 5.37. The van der Waals surface area contributed by atoms with Crippen molar-refractivity contribution >= 4 is 36.9 Å². The summed E-state index contributed by atoms with van der Waals surface area (Å²) < 4.78 is 32.8. The summed E-state index contributed by atoms with van der Waals surface area (Å²) in [4.78, 5) is 44.2. The maximum Gasteiger partial charge on any atom is 0.592 e. The monoisotopic (exact) mass is 447 g/mol. The van der Waals surface area contributed by atoms with E-state index in [4.69, 9.17) is 15.0 Å². The molecular weight excluding hydrogens is 429 g/mol. The van der Waals surface area contributed by atoms with Gasteiger partial charge in [-0.15, -0.1) is 0 Å². The molecule has 1 aliphatic rings. The van der Waals surface area contributed by atoms with Crippen LogP contribution in [-0.2, 0) is 32.5 Å². The molecular formula is C14H18N5O10P. The lowest BCUT2D eigenvalue weighted by atomic mass is 10.1. The van der Waals surface area contributed by atoms with E-state index in [9.17, 15) is 29.2 Å². The van der Waals surface area contributed by atoms with Crippen molar-refractivity contribution in [2.45, 2.75) is 38.4 Å². The number of carbonyl (C=O) groups is 2. The number of aromatic amines is 1.